The number of Topliss-reactive ketones (excluding diaryl/α,β-unsaturated/α-hetero) is 2. The molecule has 74 valence electrons. The minimum atomic E-state index is -0.965. The van der Waals surface area contributed by atoms with Gasteiger partial charge in [-0.15, -0.1) is 0 Å². The summed E-state index contributed by atoms with van der Waals surface area (Å²) in [5, 5.41) is 8.49. The van der Waals surface area contributed by atoms with Gasteiger partial charge in [0.1, 0.15) is 11.6 Å². The molecule has 0 aromatic rings. The molecular formula is C9H14O4. The molecule has 0 aliphatic rings. The third kappa shape index (κ3) is 7.18. The van der Waals surface area contributed by atoms with Crippen LogP contribution in [0.4, 0.5) is 0 Å². The minimum Gasteiger partial charge on any atom is -0.481 e. The maximum Gasteiger partial charge on any atom is 0.303 e. The first-order valence-electron chi connectivity index (χ1n) is 4.12. The van der Waals surface area contributed by atoms with Gasteiger partial charge in [-0.25, -0.2) is 0 Å². The lowest BCUT2D eigenvalue weighted by atomic mass is 9.94. The lowest BCUT2D eigenvalue weighted by Crippen LogP contribution is -2.14. The summed E-state index contributed by atoms with van der Waals surface area (Å²) in [6.45, 7) is 2.80. The van der Waals surface area contributed by atoms with Crippen LogP contribution in [0.1, 0.15) is 33.1 Å². The molecule has 4 nitrogen and oxygen atoms in total. The number of carbonyl (C=O) groups excluding carboxylic acids is 2. The van der Waals surface area contributed by atoms with Crippen LogP contribution in [0.5, 0.6) is 0 Å². The Morgan fingerprint density at radius 2 is 1.38 bits per heavy atom. The molecule has 0 aromatic heterocycles. The summed E-state index contributed by atoms with van der Waals surface area (Å²) in [6, 6.07) is 0. The lowest BCUT2D eigenvalue weighted by Gasteiger charge is -2.09. The summed E-state index contributed by atoms with van der Waals surface area (Å²) in [5.74, 6) is -1.46. The first kappa shape index (κ1) is 11.8. The van der Waals surface area contributed by atoms with Gasteiger partial charge in [0.25, 0.3) is 0 Å². The summed E-state index contributed by atoms with van der Waals surface area (Å²) in [6.07, 6.45) is 0.233. The molecule has 0 rings (SSSR count). The Bertz CT molecular complexity index is 182. The molecule has 0 spiro atoms. The van der Waals surface area contributed by atoms with Gasteiger partial charge in [-0.2, -0.15) is 0 Å². The normalized spacial score (nSPS) is 10.1. The van der Waals surface area contributed by atoms with Crippen LogP contribution in [0, 0.1) is 5.92 Å². The second-order valence-corrected chi connectivity index (χ2v) is 3.28. The summed E-state index contributed by atoms with van der Waals surface area (Å²) in [4.78, 5) is 31.8. The first-order valence-corrected chi connectivity index (χ1v) is 4.12. The molecule has 0 saturated heterocycles. The molecule has 1 N–H and O–H groups in total. The van der Waals surface area contributed by atoms with Gasteiger partial charge in [0, 0.05) is 19.3 Å². The topological polar surface area (TPSA) is 71.4 Å². The van der Waals surface area contributed by atoms with E-state index in [4.69, 9.17) is 5.11 Å². The van der Waals surface area contributed by atoms with Crippen molar-refractivity contribution in [3.8, 4) is 0 Å². The van der Waals surface area contributed by atoms with Crippen molar-refractivity contribution in [3.63, 3.8) is 0 Å². The van der Waals surface area contributed by atoms with E-state index in [1.54, 1.807) is 0 Å². The van der Waals surface area contributed by atoms with Gasteiger partial charge >= 0.3 is 5.97 Å². The molecule has 4 heteroatoms. The van der Waals surface area contributed by atoms with Crippen molar-refractivity contribution < 1.29 is 19.5 Å². The standard InChI is InChI=1S/C9H14O4/c1-6(10)3-8(4-7(2)11)5-9(12)13/h8H,3-5H2,1-2H3,(H,12,13). The lowest BCUT2D eigenvalue weighted by molar-refractivity contribution is -0.138. The third-order valence-corrected chi connectivity index (χ3v) is 1.62. The maximum absolute atomic E-state index is 10.7. The van der Waals surface area contributed by atoms with Gasteiger partial charge in [0.05, 0.1) is 0 Å². The van der Waals surface area contributed by atoms with Gasteiger partial charge in [-0.3, -0.25) is 4.79 Å². The molecule has 0 fully saturated rings. The van der Waals surface area contributed by atoms with E-state index in [9.17, 15) is 14.4 Å². The van der Waals surface area contributed by atoms with E-state index in [0.29, 0.717) is 0 Å². The Hall–Kier alpha value is -1.19. The summed E-state index contributed by atoms with van der Waals surface area (Å²) >= 11 is 0. The summed E-state index contributed by atoms with van der Waals surface area (Å²) in [5.41, 5.74) is 0. The Kier molecular flexibility index (Phi) is 4.96. The zero-order valence-corrected chi connectivity index (χ0v) is 7.87. The van der Waals surface area contributed by atoms with Crippen molar-refractivity contribution in [2.45, 2.75) is 33.1 Å². The fourth-order valence-corrected chi connectivity index (χ4v) is 1.28. The minimum absolute atomic E-state index is 0.0764. The fourth-order valence-electron chi connectivity index (χ4n) is 1.28. The Balaban J connectivity index is 4.10. The Morgan fingerprint density at radius 3 is 1.62 bits per heavy atom. The first-order chi connectivity index (χ1) is 5.91. The van der Waals surface area contributed by atoms with Crippen molar-refractivity contribution in [1.29, 1.82) is 0 Å². The van der Waals surface area contributed by atoms with Crippen molar-refractivity contribution in [3.05, 3.63) is 0 Å². The third-order valence-electron chi connectivity index (χ3n) is 1.62. The van der Waals surface area contributed by atoms with Gasteiger partial charge in [0.2, 0.25) is 0 Å². The van der Waals surface area contributed by atoms with Crippen LogP contribution in [-0.4, -0.2) is 22.6 Å². The molecule has 0 saturated carbocycles. The molecule has 0 atom stereocenters. The van der Waals surface area contributed by atoms with Crippen LogP contribution in [0.25, 0.3) is 0 Å². The smallest absolute Gasteiger partial charge is 0.303 e. The zero-order chi connectivity index (χ0) is 10.4. The average Bonchev–Trinajstić information content (AvgIpc) is 1.80. The quantitative estimate of drug-likeness (QED) is 0.672. The highest BCUT2D eigenvalue weighted by Crippen LogP contribution is 2.14. The highest BCUT2D eigenvalue weighted by atomic mass is 16.4. The average molecular weight is 186 g/mol. The van der Waals surface area contributed by atoms with E-state index in [-0.39, 0.29) is 36.7 Å². The van der Waals surface area contributed by atoms with Crippen LogP contribution in [0.3, 0.4) is 0 Å². The van der Waals surface area contributed by atoms with Crippen LogP contribution in [0.2, 0.25) is 0 Å². The van der Waals surface area contributed by atoms with E-state index in [1.807, 2.05) is 0 Å². The summed E-state index contributed by atoms with van der Waals surface area (Å²) < 4.78 is 0. The second kappa shape index (κ2) is 5.45. The second-order valence-electron chi connectivity index (χ2n) is 3.28. The Labute approximate surface area is 76.9 Å². The summed E-state index contributed by atoms with van der Waals surface area (Å²) in [7, 11) is 0. The monoisotopic (exact) mass is 186 g/mol. The molecule has 0 unspecified atom stereocenters. The van der Waals surface area contributed by atoms with Gasteiger partial charge in [0.15, 0.2) is 0 Å². The number of ketones is 2. The SMILES string of the molecule is CC(=O)CC(CC(C)=O)CC(=O)O. The predicted octanol–water partition coefficient (Wildman–Crippen LogP) is 1.04. The van der Waals surface area contributed by atoms with Gasteiger partial charge in [-0.1, -0.05) is 0 Å². The van der Waals surface area contributed by atoms with Crippen molar-refractivity contribution in [2.24, 2.45) is 5.92 Å². The van der Waals surface area contributed by atoms with E-state index in [0.717, 1.165) is 0 Å². The number of aliphatic carboxylic acids is 1. The molecule has 0 amide bonds. The molecule has 0 aromatic carbocycles. The number of carboxylic acid groups (broad SMARTS) is 1. The number of hydrogen-bond donors (Lipinski definition) is 1. The van der Waals surface area contributed by atoms with E-state index in [2.05, 4.69) is 0 Å². The molecule has 13 heavy (non-hydrogen) atoms. The largest absolute Gasteiger partial charge is 0.481 e. The highest BCUT2D eigenvalue weighted by Gasteiger charge is 2.16. The molecule has 0 aliphatic heterocycles. The van der Waals surface area contributed by atoms with Gasteiger partial charge in [-0.05, 0) is 19.8 Å². The highest BCUT2D eigenvalue weighted by molar-refractivity contribution is 5.80. The predicted molar refractivity (Wildman–Crippen MR) is 46.3 cm³/mol. The van der Waals surface area contributed by atoms with Crippen LogP contribution in [-0.2, 0) is 14.4 Å². The van der Waals surface area contributed by atoms with E-state index < -0.39 is 5.97 Å². The molecular weight excluding hydrogens is 172 g/mol. The number of hydrogen-bond acceptors (Lipinski definition) is 3. The molecule has 0 radical (unpaired) electrons. The van der Waals surface area contributed by atoms with E-state index in [1.165, 1.54) is 13.8 Å². The fraction of sp³-hybridized carbons (Fsp3) is 0.667. The molecule has 0 aliphatic carbocycles. The van der Waals surface area contributed by atoms with Crippen molar-refractivity contribution in [2.75, 3.05) is 0 Å². The van der Waals surface area contributed by atoms with Gasteiger partial charge < -0.3 is 14.7 Å². The van der Waals surface area contributed by atoms with Crippen LogP contribution >= 0.6 is 0 Å². The molecule has 0 heterocycles. The van der Waals surface area contributed by atoms with E-state index >= 15 is 0 Å². The van der Waals surface area contributed by atoms with Crippen LogP contribution in [0.15, 0.2) is 0 Å². The number of carboxylic acids is 1. The van der Waals surface area contributed by atoms with Crippen molar-refractivity contribution in [1.82, 2.24) is 0 Å². The van der Waals surface area contributed by atoms with Crippen molar-refractivity contribution >= 4 is 17.5 Å². The Morgan fingerprint density at radius 1 is 1.00 bits per heavy atom. The van der Waals surface area contributed by atoms with Crippen LogP contribution < -0.4 is 0 Å². The zero-order valence-electron chi connectivity index (χ0n) is 7.87. The number of carbonyl (C=O) groups is 3. The molecule has 0 bridgehead atoms. The maximum atomic E-state index is 10.7. The number of rotatable bonds is 6.